The fourth-order valence-corrected chi connectivity index (χ4v) is 1.80. The monoisotopic (exact) mass is 229 g/mol. The summed E-state index contributed by atoms with van der Waals surface area (Å²) in [6.45, 7) is 1.81. The highest BCUT2D eigenvalue weighted by atomic mass is 35.5. The normalized spacial score (nSPS) is 14.5. The van der Waals surface area contributed by atoms with Crippen LogP contribution in [0, 0.1) is 0 Å². The van der Waals surface area contributed by atoms with Gasteiger partial charge >= 0.3 is 6.18 Å². The molecule has 0 N–H and O–H groups in total. The first-order valence-electron chi connectivity index (χ1n) is 3.62. The fourth-order valence-electron chi connectivity index (χ4n) is 0.764. The van der Waals surface area contributed by atoms with Crippen molar-refractivity contribution in [2.24, 2.45) is 0 Å². The maximum Gasteiger partial charge on any atom is 0.443 e. The molecule has 0 saturated heterocycles. The highest BCUT2D eigenvalue weighted by molar-refractivity contribution is 7.12. The maximum absolute atomic E-state index is 12.1. The summed E-state index contributed by atoms with van der Waals surface area (Å²) in [6, 6.07) is 0. The summed E-state index contributed by atoms with van der Waals surface area (Å²) < 4.78 is 36.2. The van der Waals surface area contributed by atoms with E-state index in [4.69, 9.17) is 11.6 Å². The van der Waals surface area contributed by atoms with Crippen molar-refractivity contribution in [1.29, 1.82) is 0 Å². The molecule has 1 aromatic rings. The average Bonchev–Trinajstić information content (AvgIpc) is 2.50. The minimum atomic E-state index is -4.35. The minimum absolute atomic E-state index is 0.367. The Kier molecular flexibility index (Phi) is 3.18. The molecular weight excluding hydrogens is 223 g/mol. The van der Waals surface area contributed by atoms with Crippen molar-refractivity contribution in [3.63, 3.8) is 0 Å². The van der Waals surface area contributed by atoms with Crippen LogP contribution in [0.1, 0.15) is 28.6 Å². The third-order valence-electron chi connectivity index (χ3n) is 1.43. The molecule has 74 valence electrons. The lowest BCUT2D eigenvalue weighted by Crippen LogP contribution is -2.02. The second-order valence-corrected chi connectivity index (χ2v) is 4.03. The molecule has 1 atom stereocenters. The van der Waals surface area contributed by atoms with Crippen LogP contribution in [0.3, 0.4) is 0 Å². The predicted octanol–water partition coefficient (Wildman–Crippen LogP) is 3.85. The SMILES string of the molecule is CCC(Cl)c1cnc(C(F)(F)F)s1. The Morgan fingerprint density at radius 2 is 2.23 bits per heavy atom. The fraction of sp³-hybridized carbons (Fsp3) is 0.571. The molecule has 0 aliphatic heterocycles. The second-order valence-electron chi connectivity index (χ2n) is 2.44. The number of rotatable bonds is 2. The molecule has 0 spiro atoms. The number of alkyl halides is 4. The van der Waals surface area contributed by atoms with Crippen LogP contribution in [0.15, 0.2) is 6.20 Å². The molecule has 1 aromatic heterocycles. The van der Waals surface area contributed by atoms with Crippen molar-refractivity contribution in [3.05, 3.63) is 16.1 Å². The highest BCUT2D eigenvalue weighted by Crippen LogP contribution is 2.36. The van der Waals surface area contributed by atoms with Crippen LogP contribution in [0.5, 0.6) is 0 Å². The van der Waals surface area contributed by atoms with Gasteiger partial charge < -0.3 is 0 Å². The number of nitrogens with zero attached hydrogens (tertiary/aromatic N) is 1. The Morgan fingerprint density at radius 1 is 1.62 bits per heavy atom. The molecule has 1 nitrogen and oxygen atoms in total. The lowest BCUT2D eigenvalue weighted by molar-refractivity contribution is -0.137. The zero-order valence-electron chi connectivity index (χ0n) is 6.73. The predicted molar refractivity (Wildman–Crippen MR) is 46.0 cm³/mol. The Morgan fingerprint density at radius 3 is 2.62 bits per heavy atom. The summed E-state index contributed by atoms with van der Waals surface area (Å²) in [6.07, 6.45) is -2.57. The van der Waals surface area contributed by atoms with E-state index in [2.05, 4.69) is 4.98 Å². The first-order chi connectivity index (χ1) is 5.95. The molecule has 13 heavy (non-hydrogen) atoms. The molecular formula is C7H7ClF3NS. The van der Waals surface area contributed by atoms with Crippen molar-refractivity contribution < 1.29 is 13.2 Å². The number of hydrogen-bond acceptors (Lipinski definition) is 2. The van der Waals surface area contributed by atoms with Gasteiger partial charge in [0, 0.05) is 11.1 Å². The Bertz CT molecular complexity index is 284. The smallest absolute Gasteiger partial charge is 0.240 e. The second kappa shape index (κ2) is 3.84. The summed E-state index contributed by atoms with van der Waals surface area (Å²) in [7, 11) is 0. The van der Waals surface area contributed by atoms with E-state index in [0.717, 1.165) is 0 Å². The first-order valence-corrected chi connectivity index (χ1v) is 4.87. The van der Waals surface area contributed by atoms with Gasteiger partial charge in [0.2, 0.25) is 0 Å². The van der Waals surface area contributed by atoms with Gasteiger partial charge in [-0.25, -0.2) is 4.98 Å². The van der Waals surface area contributed by atoms with Crippen LogP contribution in [-0.4, -0.2) is 4.98 Å². The van der Waals surface area contributed by atoms with Gasteiger partial charge in [-0.15, -0.1) is 22.9 Å². The van der Waals surface area contributed by atoms with Gasteiger partial charge in [0.05, 0.1) is 5.38 Å². The van der Waals surface area contributed by atoms with Crippen molar-refractivity contribution in [2.45, 2.75) is 24.9 Å². The minimum Gasteiger partial charge on any atom is -0.240 e. The van der Waals surface area contributed by atoms with Crippen LogP contribution in [-0.2, 0) is 6.18 Å². The quantitative estimate of drug-likeness (QED) is 0.702. The van der Waals surface area contributed by atoms with Crippen molar-refractivity contribution >= 4 is 22.9 Å². The van der Waals surface area contributed by atoms with E-state index in [1.807, 2.05) is 6.92 Å². The van der Waals surface area contributed by atoms with Crippen LogP contribution >= 0.6 is 22.9 Å². The van der Waals surface area contributed by atoms with E-state index >= 15 is 0 Å². The van der Waals surface area contributed by atoms with Gasteiger partial charge in [-0.05, 0) is 6.42 Å². The molecule has 1 heterocycles. The molecule has 0 amide bonds. The molecule has 0 bridgehead atoms. The van der Waals surface area contributed by atoms with E-state index in [-0.39, 0.29) is 5.38 Å². The molecule has 0 aliphatic rings. The van der Waals surface area contributed by atoms with Crippen LogP contribution in [0.25, 0.3) is 0 Å². The standard InChI is InChI=1S/C7H7ClF3NS/c1-2-4(8)5-3-12-6(13-5)7(9,10)11/h3-4H,2H2,1H3. The third-order valence-corrected chi connectivity index (χ3v) is 3.26. The van der Waals surface area contributed by atoms with E-state index in [9.17, 15) is 13.2 Å². The number of hydrogen-bond donors (Lipinski definition) is 0. The summed E-state index contributed by atoms with van der Waals surface area (Å²) in [5.74, 6) is 0. The Labute approximate surface area is 82.6 Å². The zero-order chi connectivity index (χ0) is 10.1. The number of halogens is 4. The Hall–Kier alpha value is -0.290. The van der Waals surface area contributed by atoms with Gasteiger partial charge in [-0.3, -0.25) is 0 Å². The van der Waals surface area contributed by atoms with E-state index in [1.165, 1.54) is 6.20 Å². The van der Waals surface area contributed by atoms with E-state index in [0.29, 0.717) is 22.6 Å². The van der Waals surface area contributed by atoms with Gasteiger partial charge in [0.15, 0.2) is 5.01 Å². The topological polar surface area (TPSA) is 12.9 Å². The van der Waals surface area contributed by atoms with Gasteiger partial charge in [-0.2, -0.15) is 13.2 Å². The molecule has 1 rings (SSSR count). The molecule has 0 aromatic carbocycles. The summed E-state index contributed by atoms with van der Waals surface area (Å²) >= 11 is 6.36. The lowest BCUT2D eigenvalue weighted by atomic mass is 10.3. The van der Waals surface area contributed by atoms with Gasteiger partial charge in [0.1, 0.15) is 0 Å². The van der Waals surface area contributed by atoms with Crippen LogP contribution in [0.4, 0.5) is 13.2 Å². The number of thiazole rings is 1. The molecule has 0 fully saturated rings. The highest BCUT2D eigenvalue weighted by Gasteiger charge is 2.34. The Balaban J connectivity index is 2.87. The average molecular weight is 230 g/mol. The third kappa shape index (κ3) is 2.57. The van der Waals surface area contributed by atoms with Crippen molar-refractivity contribution in [3.8, 4) is 0 Å². The van der Waals surface area contributed by atoms with E-state index in [1.54, 1.807) is 0 Å². The van der Waals surface area contributed by atoms with Crippen molar-refractivity contribution in [2.75, 3.05) is 0 Å². The first kappa shape index (κ1) is 10.8. The molecule has 0 aliphatic carbocycles. The lowest BCUT2D eigenvalue weighted by Gasteiger charge is -2.01. The maximum atomic E-state index is 12.1. The zero-order valence-corrected chi connectivity index (χ0v) is 8.30. The summed E-state index contributed by atoms with van der Waals surface area (Å²) in [5.41, 5.74) is 0. The molecule has 1 unspecified atom stereocenters. The van der Waals surface area contributed by atoms with E-state index < -0.39 is 11.2 Å². The molecule has 6 heteroatoms. The molecule has 0 saturated carbocycles. The van der Waals surface area contributed by atoms with Gasteiger partial charge in [0.25, 0.3) is 0 Å². The summed E-state index contributed by atoms with van der Waals surface area (Å²) in [4.78, 5) is 3.73. The molecule has 0 radical (unpaired) electrons. The largest absolute Gasteiger partial charge is 0.443 e. The van der Waals surface area contributed by atoms with Gasteiger partial charge in [-0.1, -0.05) is 6.92 Å². The van der Waals surface area contributed by atoms with Crippen molar-refractivity contribution in [1.82, 2.24) is 4.98 Å². The van der Waals surface area contributed by atoms with Crippen LogP contribution in [0.2, 0.25) is 0 Å². The number of aromatic nitrogens is 1. The van der Waals surface area contributed by atoms with Crippen LogP contribution < -0.4 is 0 Å². The summed E-state index contributed by atoms with van der Waals surface area (Å²) in [5, 5.41) is -1.20.